The van der Waals surface area contributed by atoms with E-state index in [0.717, 1.165) is 26.2 Å². The molecule has 5 nitrogen and oxygen atoms in total. The van der Waals surface area contributed by atoms with E-state index in [0.29, 0.717) is 10.6 Å². The van der Waals surface area contributed by atoms with Gasteiger partial charge in [-0.2, -0.15) is 0 Å². The topological polar surface area (TPSA) is 58.4 Å². The van der Waals surface area contributed by atoms with E-state index in [1.54, 1.807) is 12.1 Å². The number of nitrogens with one attached hydrogen (secondary N) is 1. The van der Waals surface area contributed by atoms with E-state index in [-0.39, 0.29) is 22.1 Å². The minimum Gasteiger partial charge on any atom is -0.314 e. The second-order valence-electron chi connectivity index (χ2n) is 6.51. The Kier molecular flexibility index (Phi) is 4.86. The molecule has 0 amide bonds. The molecule has 0 aromatic heterocycles. The van der Waals surface area contributed by atoms with Crippen LogP contribution in [-0.2, 0) is 0 Å². The molecule has 1 fully saturated rings. The quantitative estimate of drug-likeness (QED) is 0.687. The molecule has 1 saturated heterocycles. The predicted octanol–water partition coefficient (Wildman–Crippen LogP) is 3.24. The van der Waals surface area contributed by atoms with Crippen molar-refractivity contribution in [3.8, 4) is 0 Å². The SMILES string of the molecule is CC(C)(C)[C@@H](c1cc(Cl)ccc1[N+](=O)[O-])N1CCNCC1. The highest BCUT2D eigenvalue weighted by molar-refractivity contribution is 6.30. The predicted molar refractivity (Wildman–Crippen MR) is 84.7 cm³/mol. The highest BCUT2D eigenvalue weighted by Gasteiger charge is 2.36. The Morgan fingerprint density at radius 1 is 1.33 bits per heavy atom. The number of benzene rings is 1. The third-order valence-corrected chi connectivity index (χ3v) is 4.05. The first-order valence-electron chi connectivity index (χ1n) is 7.19. The van der Waals surface area contributed by atoms with Crippen LogP contribution in [0.25, 0.3) is 0 Å². The first kappa shape index (κ1) is 16.2. The molecule has 21 heavy (non-hydrogen) atoms. The normalized spacial score (nSPS) is 18.5. The number of halogens is 1. The van der Waals surface area contributed by atoms with E-state index < -0.39 is 0 Å². The second-order valence-corrected chi connectivity index (χ2v) is 6.95. The molecule has 116 valence electrons. The van der Waals surface area contributed by atoms with Gasteiger partial charge in [0.1, 0.15) is 0 Å². The van der Waals surface area contributed by atoms with Crippen LogP contribution in [0.3, 0.4) is 0 Å². The maximum atomic E-state index is 11.4. The molecule has 1 aliphatic rings. The first-order valence-corrected chi connectivity index (χ1v) is 7.57. The van der Waals surface area contributed by atoms with E-state index in [9.17, 15) is 10.1 Å². The fraction of sp³-hybridized carbons (Fsp3) is 0.600. The van der Waals surface area contributed by atoms with Crippen LogP contribution in [0.15, 0.2) is 18.2 Å². The smallest absolute Gasteiger partial charge is 0.274 e. The second kappa shape index (κ2) is 6.30. The van der Waals surface area contributed by atoms with Crippen molar-refractivity contribution in [1.29, 1.82) is 0 Å². The lowest BCUT2D eigenvalue weighted by Gasteiger charge is -2.42. The summed E-state index contributed by atoms with van der Waals surface area (Å²) >= 11 is 6.10. The number of nitro groups is 1. The van der Waals surface area contributed by atoms with Crippen LogP contribution in [0.4, 0.5) is 5.69 Å². The highest BCUT2D eigenvalue weighted by Crippen LogP contribution is 2.42. The highest BCUT2D eigenvalue weighted by atomic mass is 35.5. The standard InChI is InChI=1S/C15H22ClN3O2/c1-15(2,3)14(18-8-6-17-7-9-18)12-10-11(16)4-5-13(12)19(20)21/h4-5,10,14,17H,6-9H2,1-3H3/t14-/m1/s1. The number of piperazine rings is 1. The third-order valence-electron chi connectivity index (χ3n) is 3.82. The van der Waals surface area contributed by atoms with E-state index >= 15 is 0 Å². The Balaban J connectivity index is 2.50. The van der Waals surface area contributed by atoms with Crippen LogP contribution in [-0.4, -0.2) is 36.0 Å². The lowest BCUT2D eigenvalue weighted by atomic mass is 9.80. The largest absolute Gasteiger partial charge is 0.314 e. The van der Waals surface area contributed by atoms with Gasteiger partial charge in [0, 0.05) is 48.9 Å². The Bertz CT molecular complexity index is 522. The Hall–Kier alpha value is -1.17. The molecule has 2 rings (SSSR count). The Morgan fingerprint density at radius 3 is 2.48 bits per heavy atom. The lowest BCUT2D eigenvalue weighted by molar-refractivity contribution is -0.386. The summed E-state index contributed by atoms with van der Waals surface area (Å²) in [7, 11) is 0. The minimum atomic E-state index is -0.313. The van der Waals surface area contributed by atoms with Crippen molar-refractivity contribution in [2.24, 2.45) is 5.41 Å². The van der Waals surface area contributed by atoms with Crippen molar-refractivity contribution >= 4 is 17.3 Å². The van der Waals surface area contributed by atoms with Crippen molar-refractivity contribution in [1.82, 2.24) is 10.2 Å². The molecule has 6 heteroatoms. The molecule has 0 bridgehead atoms. The molecule has 1 aromatic rings. The Morgan fingerprint density at radius 2 is 1.95 bits per heavy atom. The van der Waals surface area contributed by atoms with Gasteiger partial charge < -0.3 is 5.32 Å². The summed E-state index contributed by atoms with van der Waals surface area (Å²) in [6.07, 6.45) is 0. The zero-order valence-corrected chi connectivity index (χ0v) is 13.5. The molecule has 0 spiro atoms. The van der Waals surface area contributed by atoms with Crippen LogP contribution >= 0.6 is 11.6 Å². The van der Waals surface area contributed by atoms with Gasteiger partial charge in [-0.3, -0.25) is 15.0 Å². The van der Waals surface area contributed by atoms with E-state index in [1.807, 2.05) is 0 Å². The zero-order chi connectivity index (χ0) is 15.6. The van der Waals surface area contributed by atoms with Gasteiger partial charge >= 0.3 is 0 Å². The van der Waals surface area contributed by atoms with Gasteiger partial charge in [-0.25, -0.2) is 0 Å². The molecule has 0 unspecified atom stereocenters. The van der Waals surface area contributed by atoms with E-state index in [1.165, 1.54) is 6.07 Å². The van der Waals surface area contributed by atoms with Gasteiger partial charge in [-0.1, -0.05) is 32.4 Å². The average Bonchev–Trinajstić information content (AvgIpc) is 2.38. The van der Waals surface area contributed by atoms with Crippen LogP contribution in [0, 0.1) is 15.5 Å². The third kappa shape index (κ3) is 3.73. The Labute approximate surface area is 130 Å². The monoisotopic (exact) mass is 311 g/mol. The van der Waals surface area contributed by atoms with Gasteiger partial charge in [0.05, 0.1) is 4.92 Å². The minimum absolute atomic E-state index is 0.0290. The first-order chi connectivity index (χ1) is 9.80. The van der Waals surface area contributed by atoms with Crippen molar-refractivity contribution in [2.75, 3.05) is 26.2 Å². The average molecular weight is 312 g/mol. The molecule has 0 aliphatic carbocycles. The van der Waals surface area contributed by atoms with Crippen LogP contribution in [0.2, 0.25) is 5.02 Å². The van der Waals surface area contributed by atoms with Crippen LogP contribution in [0.5, 0.6) is 0 Å². The van der Waals surface area contributed by atoms with Crippen LogP contribution < -0.4 is 5.32 Å². The summed E-state index contributed by atoms with van der Waals surface area (Å²) in [4.78, 5) is 13.4. The number of rotatable bonds is 3. The number of nitrogens with zero attached hydrogens (tertiary/aromatic N) is 2. The summed E-state index contributed by atoms with van der Waals surface area (Å²) in [5.41, 5.74) is 0.743. The van der Waals surface area contributed by atoms with Gasteiger partial charge in [0.15, 0.2) is 0 Å². The maximum Gasteiger partial charge on any atom is 0.274 e. The number of hydrogen-bond donors (Lipinski definition) is 1. The van der Waals surface area contributed by atoms with Crippen molar-refractivity contribution < 1.29 is 4.92 Å². The molecule has 1 N–H and O–H groups in total. The lowest BCUT2D eigenvalue weighted by Crippen LogP contribution is -2.48. The van der Waals surface area contributed by atoms with Crippen molar-refractivity contribution in [2.45, 2.75) is 26.8 Å². The molecular formula is C15H22ClN3O2. The number of hydrogen-bond acceptors (Lipinski definition) is 4. The van der Waals surface area contributed by atoms with Crippen molar-refractivity contribution in [3.05, 3.63) is 38.9 Å². The maximum absolute atomic E-state index is 11.4. The van der Waals surface area contributed by atoms with E-state index in [2.05, 4.69) is 31.0 Å². The molecular weight excluding hydrogens is 290 g/mol. The fourth-order valence-corrected chi connectivity index (χ4v) is 3.24. The molecule has 1 aliphatic heterocycles. The molecule has 1 atom stereocenters. The molecule has 0 saturated carbocycles. The summed E-state index contributed by atoms with van der Waals surface area (Å²) in [5, 5.41) is 15.2. The summed E-state index contributed by atoms with van der Waals surface area (Å²) in [6.45, 7) is 9.91. The van der Waals surface area contributed by atoms with Crippen LogP contribution in [0.1, 0.15) is 32.4 Å². The fourth-order valence-electron chi connectivity index (χ4n) is 3.06. The van der Waals surface area contributed by atoms with E-state index in [4.69, 9.17) is 11.6 Å². The van der Waals surface area contributed by atoms with Gasteiger partial charge in [-0.05, 0) is 17.5 Å². The van der Waals surface area contributed by atoms with Crippen molar-refractivity contribution in [3.63, 3.8) is 0 Å². The summed E-state index contributed by atoms with van der Waals surface area (Å²) in [5.74, 6) is 0. The number of nitro benzene ring substituents is 1. The molecule has 1 heterocycles. The van der Waals surface area contributed by atoms with Gasteiger partial charge in [-0.15, -0.1) is 0 Å². The van der Waals surface area contributed by atoms with Gasteiger partial charge in [0.2, 0.25) is 0 Å². The van der Waals surface area contributed by atoms with Gasteiger partial charge in [0.25, 0.3) is 5.69 Å². The molecule has 1 aromatic carbocycles. The zero-order valence-electron chi connectivity index (χ0n) is 12.7. The summed E-state index contributed by atoms with van der Waals surface area (Å²) < 4.78 is 0. The summed E-state index contributed by atoms with van der Waals surface area (Å²) in [6, 6.07) is 4.82. The molecule has 0 radical (unpaired) electrons.